The van der Waals surface area contributed by atoms with Crippen molar-refractivity contribution < 1.29 is 31.8 Å². The number of carbonyl (C=O) groups excluding carboxylic acids is 1. The Morgan fingerprint density at radius 1 is 1.08 bits per heavy atom. The van der Waals surface area contributed by atoms with Crippen molar-refractivity contribution in [2.24, 2.45) is 39.9 Å². The van der Waals surface area contributed by atoms with Crippen LogP contribution >= 0.6 is 0 Å². The number of allylic oxidation sites excluding steroid dienone is 3. The molecule has 0 heterocycles. The highest BCUT2D eigenvalue weighted by Gasteiger charge is 2.63. The summed E-state index contributed by atoms with van der Waals surface area (Å²) in [6.07, 6.45) is 8.51. The van der Waals surface area contributed by atoms with Crippen LogP contribution in [0.5, 0.6) is 0 Å². The van der Waals surface area contributed by atoms with Crippen molar-refractivity contribution in [2.75, 3.05) is 7.11 Å². The van der Waals surface area contributed by atoms with Crippen molar-refractivity contribution in [1.82, 2.24) is 0 Å². The van der Waals surface area contributed by atoms with E-state index in [0.717, 1.165) is 50.5 Å². The molecular weight excluding hydrogens is 504 g/mol. The van der Waals surface area contributed by atoms with E-state index in [4.69, 9.17) is 8.92 Å². The summed E-state index contributed by atoms with van der Waals surface area (Å²) in [6.45, 7) is 13.5. The number of hydrogen-bond donors (Lipinski definition) is 2. The second-order valence-electron chi connectivity index (χ2n) is 13.6. The largest absolute Gasteiger partial charge is 0.469 e. The molecule has 0 amide bonds. The lowest BCUT2D eigenvalue weighted by Crippen LogP contribution is -2.54. The fraction of sp³-hybridized carbons (Fsp3) is 0.833. The van der Waals surface area contributed by atoms with Gasteiger partial charge in [0, 0.05) is 0 Å². The smallest absolute Gasteiger partial charge is 0.397 e. The number of hydrogen-bond acceptors (Lipinski definition) is 6. The summed E-state index contributed by atoms with van der Waals surface area (Å²) in [5.74, 6) is -0.344. The van der Waals surface area contributed by atoms with E-state index in [0.29, 0.717) is 24.7 Å². The molecule has 9 atom stereocenters. The number of aliphatic hydroxyl groups is 1. The third-order valence-electron chi connectivity index (χ3n) is 11.5. The van der Waals surface area contributed by atoms with Crippen LogP contribution in [0, 0.1) is 39.9 Å². The summed E-state index contributed by atoms with van der Waals surface area (Å²) in [5, 5.41) is 10.6. The topological polar surface area (TPSA) is 110 Å². The number of methoxy groups -OCH3 is 1. The average molecular weight is 553 g/mol. The molecule has 8 heteroatoms. The molecule has 0 radical (unpaired) electrons. The van der Waals surface area contributed by atoms with Gasteiger partial charge in [-0.1, -0.05) is 50.5 Å². The molecule has 2 fully saturated rings. The highest BCUT2D eigenvalue weighted by molar-refractivity contribution is 7.80. The van der Waals surface area contributed by atoms with Crippen LogP contribution in [-0.2, 0) is 24.1 Å². The molecule has 2 saturated carbocycles. The molecule has 0 aromatic heterocycles. The van der Waals surface area contributed by atoms with E-state index in [1.807, 2.05) is 19.9 Å². The molecule has 0 aromatic carbocycles. The van der Waals surface area contributed by atoms with Gasteiger partial charge in [-0.2, -0.15) is 8.42 Å². The molecule has 4 aliphatic carbocycles. The number of fused-ring (bicyclic) bond motifs is 4. The van der Waals surface area contributed by atoms with Crippen LogP contribution in [0.4, 0.5) is 0 Å². The second kappa shape index (κ2) is 10.3. The summed E-state index contributed by atoms with van der Waals surface area (Å²) >= 11 is 0. The maximum atomic E-state index is 13.0. The summed E-state index contributed by atoms with van der Waals surface area (Å²) in [7, 11) is -3.35. The molecule has 0 saturated heterocycles. The summed E-state index contributed by atoms with van der Waals surface area (Å²) < 4.78 is 42.7. The minimum absolute atomic E-state index is 0.0670. The SMILES string of the molecule is COC(=O)C1C(OS(=O)(=O)O)CCC2(C)C3=C(CCC12)C1(C)CCC(C(C)CC(O)C=C(C)C)C1(C)CC3. The summed E-state index contributed by atoms with van der Waals surface area (Å²) in [5.41, 5.74) is 4.14. The Bertz CT molecular complexity index is 1110. The van der Waals surface area contributed by atoms with Crippen LogP contribution in [0.15, 0.2) is 22.8 Å². The standard InChI is InChI=1S/C30H48O7S/c1-18(2)16-20(31)17-19(3)21-10-14-30(6)23-8-9-24-26(27(32)36-7)25(37-38(33,34)35)12-13-28(24,4)22(23)11-15-29(21,30)5/h16,19-21,24-26,31H,8-15,17H2,1-7H3,(H,33,34,35). The first-order valence-corrected chi connectivity index (χ1v) is 15.7. The average Bonchev–Trinajstić information content (AvgIpc) is 3.08. The molecule has 7 nitrogen and oxygen atoms in total. The van der Waals surface area contributed by atoms with Gasteiger partial charge in [-0.15, -0.1) is 0 Å². The van der Waals surface area contributed by atoms with Crippen LogP contribution in [-0.4, -0.2) is 43.4 Å². The minimum atomic E-state index is -4.68. The lowest BCUT2D eigenvalue weighted by atomic mass is 9.45. The molecule has 9 unspecified atom stereocenters. The van der Waals surface area contributed by atoms with Gasteiger partial charge in [-0.3, -0.25) is 9.35 Å². The van der Waals surface area contributed by atoms with Crippen molar-refractivity contribution in [1.29, 1.82) is 0 Å². The maximum absolute atomic E-state index is 13.0. The molecule has 0 aromatic rings. The molecule has 2 N–H and O–H groups in total. The van der Waals surface area contributed by atoms with Gasteiger partial charge in [0.2, 0.25) is 0 Å². The van der Waals surface area contributed by atoms with E-state index in [1.54, 1.807) is 5.57 Å². The Morgan fingerprint density at radius 2 is 1.76 bits per heavy atom. The summed E-state index contributed by atoms with van der Waals surface area (Å²) in [6, 6.07) is 0. The number of ether oxygens (including phenoxy) is 1. The first-order valence-electron chi connectivity index (χ1n) is 14.4. The van der Waals surface area contributed by atoms with Crippen LogP contribution in [0.1, 0.15) is 99.3 Å². The van der Waals surface area contributed by atoms with Crippen molar-refractivity contribution in [2.45, 2.75) is 112 Å². The molecule has 0 bridgehead atoms. The number of rotatable bonds is 7. The first kappa shape index (κ1) is 29.8. The van der Waals surface area contributed by atoms with Gasteiger partial charge >= 0.3 is 16.4 Å². The van der Waals surface area contributed by atoms with Crippen molar-refractivity contribution in [3.8, 4) is 0 Å². The predicted molar refractivity (Wildman–Crippen MR) is 146 cm³/mol. The van der Waals surface area contributed by atoms with E-state index >= 15 is 0 Å². The normalized spacial score (nSPS) is 40.4. The first-order chi connectivity index (χ1) is 17.6. The maximum Gasteiger partial charge on any atom is 0.397 e. The van der Waals surface area contributed by atoms with E-state index < -0.39 is 34.5 Å². The fourth-order valence-electron chi connectivity index (χ4n) is 9.60. The third-order valence-corrected chi connectivity index (χ3v) is 12.0. The molecular formula is C30H48O7S. The Hall–Kier alpha value is -1.22. The number of aliphatic hydroxyl groups excluding tert-OH is 1. The fourth-order valence-corrected chi connectivity index (χ4v) is 10.1. The van der Waals surface area contributed by atoms with Crippen molar-refractivity contribution >= 4 is 16.4 Å². The van der Waals surface area contributed by atoms with Crippen molar-refractivity contribution in [3.05, 3.63) is 22.8 Å². The Labute approximate surface area is 229 Å². The van der Waals surface area contributed by atoms with E-state index in [9.17, 15) is 22.9 Å². The van der Waals surface area contributed by atoms with Gasteiger partial charge < -0.3 is 9.84 Å². The molecule has 0 aliphatic heterocycles. The van der Waals surface area contributed by atoms with E-state index in [1.165, 1.54) is 12.7 Å². The van der Waals surface area contributed by atoms with Gasteiger partial charge in [0.15, 0.2) is 0 Å². The predicted octanol–water partition coefficient (Wildman–Crippen LogP) is 6.04. The van der Waals surface area contributed by atoms with Crippen LogP contribution in [0.3, 0.4) is 0 Å². The van der Waals surface area contributed by atoms with Crippen LogP contribution in [0.25, 0.3) is 0 Å². The van der Waals surface area contributed by atoms with Gasteiger partial charge in [0.25, 0.3) is 0 Å². The zero-order chi connectivity index (χ0) is 28.3. The van der Waals surface area contributed by atoms with Gasteiger partial charge in [0.1, 0.15) is 0 Å². The van der Waals surface area contributed by atoms with E-state index in [-0.39, 0.29) is 22.2 Å². The second-order valence-corrected chi connectivity index (χ2v) is 14.6. The quantitative estimate of drug-likeness (QED) is 0.225. The third kappa shape index (κ3) is 4.92. The van der Waals surface area contributed by atoms with E-state index in [2.05, 4.69) is 27.7 Å². The lowest BCUT2D eigenvalue weighted by molar-refractivity contribution is -0.158. The molecule has 0 spiro atoms. The number of esters is 1. The molecule has 216 valence electrons. The zero-order valence-electron chi connectivity index (χ0n) is 24.2. The Morgan fingerprint density at radius 3 is 2.37 bits per heavy atom. The minimum Gasteiger partial charge on any atom is -0.469 e. The monoisotopic (exact) mass is 552 g/mol. The van der Waals surface area contributed by atoms with Gasteiger partial charge in [0.05, 0.1) is 25.2 Å². The van der Waals surface area contributed by atoms with Gasteiger partial charge in [-0.25, -0.2) is 4.18 Å². The molecule has 4 aliphatic rings. The summed E-state index contributed by atoms with van der Waals surface area (Å²) in [4.78, 5) is 13.0. The Kier molecular flexibility index (Phi) is 8.08. The lowest BCUT2D eigenvalue weighted by Gasteiger charge is -2.60. The molecule has 38 heavy (non-hydrogen) atoms. The highest BCUT2D eigenvalue weighted by atomic mass is 32.3. The van der Waals surface area contributed by atoms with Gasteiger partial charge in [-0.05, 0) is 106 Å². The molecule has 4 rings (SSSR count). The number of carbonyl (C=O) groups is 1. The zero-order valence-corrected chi connectivity index (χ0v) is 25.1. The highest BCUT2D eigenvalue weighted by Crippen LogP contribution is 2.71. The Balaban J connectivity index is 1.66. The van der Waals surface area contributed by atoms with Crippen LogP contribution < -0.4 is 0 Å². The van der Waals surface area contributed by atoms with Crippen LogP contribution in [0.2, 0.25) is 0 Å². The van der Waals surface area contributed by atoms with Crippen molar-refractivity contribution in [3.63, 3.8) is 0 Å².